The van der Waals surface area contributed by atoms with Crippen molar-refractivity contribution in [1.82, 2.24) is 30.1 Å². The molecule has 3 aromatic heterocycles. The summed E-state index contributed by atoms with van der Waals surface area (Å²) in [7, 11) is 4.08. The fourth-order valence-corrected chi connectivity index (χ4v) is 5.05. The third kappa shape index (κ3) is 6.17. The van der Waals surface area contributed by atoms with Crippen molar-refractivity contribution in [3.8, 4) is 22.9 Å². The highest BCUT2D eigenvalue weighted by atomic mass is 16.5. The van der Waals surface area contributed by atoms with E-state index in [0.29, 0.717) is 30.4 Å². The Labute approximate surface area is 224 Å². The molecule has 38 heavy (non-hydrogen) atoms. The van der Waals surface area contributed by atoms with E-state index in [2.05, 4.69) is 45.4 Å². The van der Waals surface area contributed by atoms with E-state index >= 15 is 0 Å². The number of amides is 2. The van der Waals surface area contributed by atoms with Crippen molar-refractivity contribution < 1.29 is 9.53 Å². The summed E-state index contributed by atoms with van der Waals surface area (Å²) in [5.41, 5.74) is 2.69. The van der Waals surface area contributed by atoms with Crippen LogP contribution in [-0.2, 0) is 0 Å². The zero-order valence-corrected chi connectivity index (χ0v) is 23.0. The summed E-state index contributed by atoms with van der Waals surface area (Å²) in [5.74, 6) is 1.98. The van der Waals surface area contributed by atoms with Gasteiger partial charge in [-0.05, 0) is 58.0 Å². The molecule has 1 aliphatic rings. The number of fused-ring (bicyclic) bond motifs is 1. The Morgan fingerprint density at radius 2 is 2.03 bits per heavy atom. The Morgan fingerprint density at radius 3 is 2.63 bits per heavy atom. The van der Waals surface area contributed by atoms with E-state index in [1.165, 1.54) is 0 Å². The van der Waals surface area contributed by atoms with E-state index < -0.39 is 0 Å². The standard InChI is InChI=1S/C28H38N8O2/c1-6-38-23-13-24(26-22(14-29)17-32-36(26)18-23)21-7-8-25(30-16-21)35-11-9-28(10-12-35,19-34(4)5)33-27(37)31-15-20(2)3/h7-8,13,16-18,20H,6,9-12,15,19H2,1-5H3,(H2,31,33,37). The number of ether oxygens (including phenoxy) is 1. The van der Waals surface area contributed by atoms with Crippen molar-refractivity contribution >= 4 is 17.4 Å². The van der Waals surface area contributed by atoms with Crippen LogP contribution in [0.25, 0.3) is 16.6 Å². The van der Waals surface area contributed by atoms with Gasteiger partial charge >= 0.3 is 6.03 Å². The Morgan fingerprint density at radius 1 is 1.26 bits per heavy atom. The van der Waals surface area contributed by atoms with Crippen molar-refractivity contribution in [1.29, 1.82) is 5.26 Å². The van der Waals surface area contributed by atoms with Crippen LogP contribution in [-0.4, -0.2) is 77.9 Å². The molecule has 0 bridgehead atoms. The van der Waals surface area contributed by atoms with E-state index in [9.17, 15) is 10.1 Å². The van der Waals surface area contributed by atoms with Crippen LogP contribution in [0.3, 0.4) is 0 Å². The maximum absolute atomic E-state index is 12.6. The van der Waals surface area contributed by atoms with Gasteiger partial charge in [-0.2, -0.15) is 10.4 Å². The third-order valence-corrected chi connectivity index (χ3v) is 6.79. The number of hydrogen-bond donors (Lipinski definition) is 2. The summed E-state index contributed by atoms with van der Waals surface area (Å²) >= 11 is 0. The van der Waals surface area contributed by atoms with Crippen LogP contribution >= 0.6 is 0 Å². The first kappa shape index (κ1) is 27.2. The third-order valence-electron chi connectivity index (χ3n) is 6.79. The molecule has 0 atom stereocenters. The van der Waals surface area contributed by atoms with Crippen molar-refractivity contribution in [3.63, 3.8) is 0 Å². The predicted molar refractivity (Wildman–Crippen MR) is 148 cm³/mol. The zero-order valence-electron chi connectivity index (χ0n) is 23.0. The highest BCUT2D eigenvalue weighted by Crippen LogP contribution is 2.32. The number of urea groups is 1. The van der Waals surface area contributed by atoms with Crippen LogP contribution in [0, 0.1) is 17.2 Å². The molecular weight excluding hydrogens is 480 g/mol. The second-order valence-electron chi connectivity index (χ2n) is 10.6. The Kier molecular flexibility index (Phi) is 8.37. The fourth-order valence-electron chi connectivity index (χ4n) is 5.05. The number of nitrogens with zero attached hydrogens (tertiary/aromatic N) is 6. The summed E-state index contributed by atoms with van der Waals surface area (Å²) in [5, 5.41) is 20.2. The van der Waals surface area contributed by atoms with Gasteiger partial charge in [-0.15, -0.1) is 0 Å². The minimum absolute atomic E-state index is 0.103. The minimum Gasteiger partial charge on any atom is -0.492 e. The summed E-state index contributed by atoms with van der Waals surface area (Å²) in [4.78, 5) is 21.8. The van der Waals surface area contributed by atoms with E-state index in [4.69, 9.17) is 9.72 Å². The number of piperidine rings is 1. The van der Waals surface area contributed by atoms with Crippen LogP contribution in [0.4, 0.5) is 10.6 Å². The molecular formula is C28H38N8O2. The van der Waals surface area contributed by atoms with Gasteiger partial charge < -0.3 is 25.2 Å². The van der Waals surface area contributed by atoms with E-state index in [-0.39, 0.29) is 11.6 Å². The molecule has 0 aromatic carbocycles. The summed E-state index contributed by atoms with van der Waals surface area (Å²) < 4.78 is 7.42. The molecule has 1 fully saturated rings. The topological polar surface area (TPSA) is 111 Å². The normalized spacial score (nSPS) is 15.1. The molecule has 2 N–H and O–H groups in total. The Hall–Kier alpha value is -3.84. The lowest BCUT2D eigenvalue weighted by atomic mass is 9.87. The van der Waals surface area contributed by atoms with Gasteiger partial charge in [0.2, 0.25) is 0 Å². The monoisotopic (exact) mass is 518 g/mol. The van der Waals surface area contributed by atoms with Crippen LogP contribution in [0.1, 0.15) is 39.2 Å². The SMILES string of the molecule is CCOc1cc(-c2ccc(N3CCC(CN(C)C)(NC(=O)NCC(C)C)CC3)nc2)c2c(C#N)cnn2c1. The molecule has 10 heteroatoms. The second kappa shape index (κ2) is 11.7. The van der Waals surface area contributed by atoms with Crippen molar-refractivity contribution in [2.75, 3.05) is 51.8 Å². The smallest absolute Gasteiger partial charge is 0.315 e. The second-order valence-corrected chi connectivity index (χ2v) is 10.6. The first-order valence-electron chi connectivity index (χ1n) is 13.2. The summed E-state index contributed by atoms with van der Waals surface area (Å²) in [6, 6.07) is 8.11. The van der Waals surface area contributed by atoms with Gasteiger partial charge in [-0.25, -0.2) is 14.3 Å². The van der Waals surface area contributed by atoms with Gasteiger partial charge in [0, 0.05) is 43.5 Å². The average molecular weight is 519 g/mol. The Balaban J connectivity index is 1.51. The molecule has 0 saturated carbocycles. The predicted octanol–water partition coefficient (Wildman–Crippen LogP) is 3.52. The largest absolute Gasteiger partial charge is 0.492 e. The summed E-state index contributed by atoms with van der Waals surface area (Å²) in [6.07, 6.45) is 6.84. The number of aromatic nitrogens is 3. The molecule has 2 amide bonds. The molecule has 3 aromatic rings. The number of rotatable bonds is 9. The number of hydrogen-bond acceptors (Lipinski definition) is 7. The Bertz CT molecular complexity index is 1280. The highest BCUT2D eigenvalue weighted by molar-refractivity contribution is 5.85. The molecule has 0 unspecified atom stereocenters. The number of anilines is 1. The van der Waals surface area contributed by atoms with Gasteiger partial charge in [0.1, 0.15) is 17.6 Å². The van der Waals surface area contributed by atoms with Crippen LogP contribution < -0.4 is 20.3 Å². The molecule has 202 valence electrons. The molecule has 4 heterocycles. The highest BCUT2D eigenvalue weighted by Gasteiger charge is 2.37. The maximum atomic E-state index is 12.6. The van der Waals surface area contributed by atoms with Crippen molar-refractivity contribution in [3.05, 3.63) is 42.4 Å². The lowest BCUT2D eigenvalue weighted by molar-refractivity contribution is 0.182. The van der Waals surface area contributed by atoms with Gasteiger partial charge in [0.15, 0.2) is 0 Å². The molecule has 10 nitrogen and oxygen atoms in total. The first-order chi connectivity index (χ1) is 18.2. The van der Waals surface area contributed by atoms with Gasteiger partial charge in [0.25, 0.3) is 0 Å². The molecule has 0 aliphatic carbocycles. The van der Waals surface area contributed by atoms with Crippen LogP contribution in [0.5, 0.6) is 5.75 Å². The van der Waals surface area contributed by atoms with Gasteiger partial charge in [-0.3, -0.25) is 0 Å². The molecule has 1 saturated heterocycles. The lowest BCUT2D eigenvalue weighted by Gasteiger charge is -2.44. The van der Waals surface area contributed by atoms with Crippen LogP contribution in [0.15, 0.2) is 36.8 Å². The molecule has 1 aliphatic heterocycles. The van der Waals surface area contributed by atoms with Crippen molar-refractivity contribution in [2.24, 2.45) is 5.92 Å². The number of nitrogens with one attached hydrogen (secondary N) is 2. The fraction of sp³-hybridized carbons (Fsp3) is 0.500. The van der Waals surface area contributed by atoms with E-state index in [0.717, 1.165) is 54.9 Å². The molecule has 0 radical (unpaired) electrons. The maximum Gasteiger partial charge on any atom is 0.315 e. The molecule has 0 spiro atoms. The lowest BCUT2D eigenvalue weighted by Crippen LogP contribution is -2.61. The van der Waals surface area contributed by atoms with Crippen molar-refractivity contribution in [2.45, 2.75) is 39.2 Å². The van der Waals surface area contributed by atoms with E-state index in [1.807, 2.05) is 45.4 Å². The zero-order chi connectivity index (χ0) is 27.3. The van der Waals surface area contributed by atoms with Gasteiger partial charge in [0.05, 0.1) is 35.6 Å². The average Bonchev–Trinajstić information content (AvgIpc) is 3.30. The number of pyridine rings is 2. The van der Waals surface area contributed by atoms with Crippen LogP contribution in [0.2, 0.25) is 0 Å². The van der Waals surface area contributed by atoms with E-state index in [1.54, 1.807) is 16.9 Å². The quantitative estimate of drug-likeness (QED) is 0.446. The number of carbonyl (C=O) groups excluding carboxylic acids is 1. The van der Waals surface area contributed by atoms with Gasteiger partial charge in [-0.1, -0.05) is 13.8 Å². The first-order valence-corrected chi connectivity index (χ1v) is 13.2. The number of nitriles is 1. The number of carbonyl (C=O) groups is 1. The number of likely N-dealkylation sites (N-methyl/N-ethyl adjacent to an activating group) is 1. The molecule has 4 rings (SSSR count). The minimum atomic E-state index is -0.290. The summed E-state index contributed by atoms with van der Waals surface area (Å²) in [6.45, 7) is 9.65.